The summed E-state index contributed by atoms with van der Waals surface area (Å²) in [5.41, 5.74) is 0.933. The van der Waals surface area contributed by atoms with E-state index in [1.54, 1.807) is 15.8 Å². The van der Waals surface area contributed by atoms with Gasteiger partial charge in [0, 0.05) is 32.3 Å². The molecule has 0 spiro atoms. The van der Waals surface area contributed by atoms with Crippen LogP contribution < -0.4 is 5.32 Å². The number of aryl methyl sites for hydroxylation is 1. The Balaban J connectivity index is 1.88. The van der Waals surface area contributed by atoms with E-state index in [0.29, 0.717) is 19.5 Å². The van der Waals surface area contributed by atoms with Gasteiger partial charge in [-0.3, -0.25) is 9.48 Å². The second kappa shape index (κ2) is 7.10. The fourth-order valence-electron chi connectivity index (χ4n) is 2.70. The molecule has 2 heterocycles. The number of nitrogens with one attached hydrogen (secondary N) is 1. The van der Waals surface area contributed by atoms with E-state index in [2.05, 4.69) is 10.4 Å². The minimum Gasteiger partial charge on any atom is -0.481 e. The lowest BCUT2D eigenvalue weighted by molar-refractivity contribution is -0.137. The summed E-state index contributed by atoms with van der Waals surface area (Å²) in [7, 11) is 1.83. The Morgan fingerprint density at radius 3 is 2.95 bits per heavy atom. The first kappa shape index (κ1) is 15.3. The number of carbonyl (C=O) groups is 2. The van der Waals surface area contributed by atoms with Crippen molar-refractivity contribution < 1.29 is 14.7 Å². The average Bonchev–Trinajstić information content (AvgIpc) is 2.88. The fourth-order valence-corrected chi connectivity index (χ4v) is 2.70. The largest absolute Gasteiger partial charge is 0.481 e. The summed E-state index contributed by atoms with van der Waals surface area (Å²) in [6.45, 7) is 1.12. The Morgan fingerprint density at radius 1 is 1.48 bits per heavy atom. The van der Waals surface area contributed by atoms with Crippen LogP contribution in [0.5, 0.6) is 0 Å². The number of carbonyl (C=O) groups excluding carboxylic acids is 1. The van der Waals surface area contributed by atoms with Crippen LogP contribution in [0.15, 0.2) is 12.3 Å². The van der Waals surface area contributed by atoms with Crippen molar-refractivity contribution in [3.63, 3.8) is 0 Å². The summed E-state index contributed by atoms with van der Waals surface area (Å²) >= 11 is 0. The first-order valence-electron chi connectivity index (χ1n) is 7.31. The topological polar surface area (TPSA) is 87.5 Å². The third-order valence-electron chi connectivity index (χ3n) is 3.92. The molecule has 7 heteroatoms. The molecule has 0 saturated carbocycles. The minimum atomic E-state index is -0.809. The highest BCUT2D eigenvalue weighted by Gasteiger charge is 2.26. The number of piperidine rings is 1. The van der Waals surface area contributed by atoms with Gasteiger partial charge in [0.15, 0.2) is 0 Å². The molecule has 0 aromatic carbocycles. The predicted molar refractivity (Wildman–Crippen MR) is 76.7 cm³/mol. The van der Waals surface area contributed by atoms with Gasteiger partial charge in [0.25, 0.3) is 0 Å². The molecule has 1 fully saturated rings. The van der Waals surface area contributed by atoms with Crippen LogP contribution in [0, 0.1) is 0 Å². The molecule has 0 aliphatic carbocycles. The van der Waals surface area contributed by atoms with Crippen LogP contribution in [0.1, 0.15) is 37.8 Å². The highest BCUT2D eigenvalue weighted by molar-refractivity contribution is 5.74. The zero-order valence-corrected chi connectivity index (χ0v) is 12.3. The van der Waals surface area contributed by atoms with E-state index >= 15 is 0 Å². The van der Waals surface area contributed by atoms with Crippen molar-refractivity contribution in [3.05, 3.63) is 18.0 Å². The number of aromatic nitrogens is 2. The van der Waals surface area contributed by atoms with Crippen LogP contribution in [0.4, 0.5) is 4.79 Å². The van der Waals surface area contributed by atoms with E-state index in [9.17, 15) is 9.59 Å². The predicted octanol–water partition coefficient (Wildman–Crippen LogP) is 1.35. The lowest BCUT2D eigenvalue weighted by Crippen LogP contribution is -2.48. The molecule has 2 rings (SSSR count). The van der Waals surface area contributed by atoms with Gasteiger partial charge in [-0.25, -0.2) is 4.79 Å². The molecule has 1 aromatic heterocycles. The minimum absolute atomic E-state index is 0.0291. The van der Waals surface area contributed by atoms with Crippen molar-refractivity contribution in [2.75, 3.05) is 6.54 Å². The highest BCUT2D eigenvalue weighted by atomic mass is 16.4. The average molecular weight is 294 g/mol. The van der Waals surface area contributed by atoms with Crippen LogP contribution in [-0.4, -0.2) is 44.4 Å². The van der Waals surface area contributed by atoms with Crippen molar-refractivity contribution in [3.8, 4) is 0 Å². The molecule has 1 aliphatic rings. The summed E-state index contributed by atoms with van der Waals surface area (Å²) < 4.78 is 1.72. The molecule has 2 amide bonds. The molecule has 2 N–H and O–H groups in total. The molecule has 116 valence electrons. The molecule has 0 bridgehead atoms. The molecule has 1 aromatic rings. The van der Waals surface area contributed by atoms with Crippen molar-refractivity contribution in [1.29, 1.82) is 0 Å². The molecule has 7 nitrogen and oxygen atoms in total. The van der Waals surface area contributed by atoms with Crippen LogP contribution in [0.3, 0.4) is 0 Å². The van der Waals surface area contributed by atoms with Gasteiger partial charge in [0.05, 0.1) is 12.2 Å². The van der Waals surface area contributed by atoms with Crippen LogP contribution >= 0.6 is 0 Å². The Bertz CT molecular complexity index is 500. The number of carboxylic acid groups (broad SMARTS) is 1. The van der Waals surface area contributed by atoms with Crippen molar-refractivity contribution in [1.82, 2.24) is 20.0 Å². The van der Waals surface area contributed by atoms with Gasteiger partial charge in [0.2, 0.25) is 0 Å². The van der Waals surface area contributed by atoms with Gasteiger partial charge < -0.3 is 15.3 Å². The Labute approximate surface area is 123 Å². The number of aliphatic carboxylic acids is 1. The molecule has 1 unspecified atom stereocenters. The summed E-state index contributed by atoms with van der Waals surface area (Å²) in [6.07, 6.45) is 5.23. The number of hydrogen-bond acceptors (Lipinski definition) is 3. The summed E-state index contributed by atoms with van der Waals surface area (Å²) in [4.78, 5) is 24.8. The molecule has 1 aliphatic heterocycles. The van der Waals surface area contributed by atoms with E-state index in [0.717, 1.165) is 25.0 Å². The maximum absolute atomic E-state index is 12.3. The van der Waals surface area contributed by atoms with Crippen LogP contribution in [-0.2, 0) is 18.4 Å². The third kappa shape index (κ3) is 4.21. The second-order valence-corrected chi connectivity index (χ2v) is 5.38. The lowest BCUT2D eigenvalue weighted by Gasteiger charge is -2.35. The van der Waals surface area contributed by atoms with E-state index in [-0.39, 0.29) is 18.5 Å². The van der Waals surface area contributed by atoms with Gasteiger partial charge in [-0.1, -0.05) is 0 Å². The molecular weight excluding hydrogens is 272 g/mol. The first-order chi connectivity index (χ1) is 10.1. The van der Waals surface area contributed by atoms with Crippen molar-refractivity contribution in [2.45, 2.75) is 44.7 Å². The second-order valence-electron chi connectivity index (χ2n) is 5.38. The Hall–Kier alpha value is -2.05. The van der Waals surface area contributed by atoms with Gasteiger partial charge in [-0.2, -0.15) is 5.10 Å². The molecule has 21 heavy (non-hydrogen) atoms. The lowest BCUT2D eigenvalue weighted by atomic mass is 9.98. The van der Waals surface area contributed by atoms with E-state index < -0.39 is 5.97 Å². The van der Waals surface area contributed by atoms with Gasteiger partial charge in [0.1, 0.15) is 0 Å². The SMILES string of the molecule is Cn1nccc1CNC(=O)N1CCCCC1CCC(=O)O. The van der Waals surface area contributed by atoms with Gasteiger partial charge in [-0.15, -0.1) is 0 Å². The van der Waals surface area contributed by atoms with Crippen LogP contribution in [0.25, 0.3) is 0 Å². The van der Waals surface area contributed by atoms with Gasteiger partial charge in [-0.05, 0) is 31.7 Å². The zero-order chi connectivity index (χ0) is 15.2. The Kier molecular flexibility index (Phi) is 5.19. The molecule has 0 radical (unpaired) electrons. The molecule has 1 saturated heterocycles. The van der Waals surface area contributed by atoms with E-state index in [4.69, 9.17) is 5.11 Å². The fraction of sp³-hybridized carbons (Fsp3) is 0.643. The summed E-state index contributed by atoms with van der Waals surface area (Å²) in [5.74, 6) is -0.809. The van der Waals surface area contributed by atoms with Gasteiger partial charge >= 0.3 is 12.0 Å². The van der Waals surface area contributed by atoms with Crippen LogP contribution in [0.2, 0.25) is 0 Å². The maximum atomic E-state index is 12.3. The van der Waals surface area contributed by atoms with Crippen molar-refractivity contribution >= 4 is 12.0 Å². The first-order valence-corrected chi connectivity index (χ1v) is 7.31. The quantitative estimate of drug-likeness (QED) is 0.858. The smallest absolute Gasteiger partial charge is 0.317 e. The number of carboxylic acids is 1. The zero-order valence-electron chi connectivity index (χ0n) is 12.3. The molecular formula is C14H22N4O3. The number of amides is 2. The number of likely N-dealkylation sites (tertiary alicyclic amines) is 1. The summed E-state index contributed by atoms with van der Waals surface area (Å²) in [6, 6.07) is 1.77. The third-order valence-corrected chi connectivity index (χ3v) is 3.92. The normalized spacial score (nSPS) is 18.5. The number of urea groups is 1. The number of nitrogens with zero attached hydrogens (tertiary/aromatic N) is 3. The number of hydrogen-bond donors (Lipinski definition) is 2. The van der Waals surface area contributed by atoms with Crippen molar-refractivity contribution in [2.24, 2.45) is 7.05 Å². The standard InChI is InChI=1S/C14H22N4O3/c1-17-12(7-8-16-17)10-15-14(21)18-9-3-2-4-11(18)5-6-13(19)20/h7-8,11H,2-6,9-10H2,1H3,(H,15,21)(H,19,20). The maximum Gasteiger partial charge on any atom is 0.317 e. The van der Waals surface area contributed by atoms with E-state index in [1.807, 2.05) is 13.1 Å². The van der Waals surface area contributed by atoms with E-state index in [1.165, 1.54) is 0 Å². The molecule has 1 atom stereocenters. The highest BCUT2D eigenvalue weighted by Crippen LogP contribution is 2.21. The Morgan fingerprint density at radius 2 is 2.29 bits per heavy atom. The summed E-state index contributed by atoms with van der Waals surface area (Å²) in [5, 5.41) is 15.7. The number of rotatable bonds is 5. The monoisotopic (exact) mass is 294 g/mol.